The van der Waals surface area contributed by atoms with Crippen LogP contribution in [0.1, 0.15) is 19.4 Å². The molecule has 3 rings (SSSR count). The highest BCUT2D eigenvalue weighted by Gasteiger charge is 2.19. The normalized spacial score (nSPS) is 12.2. The number of benzene rings is 2. The van der Waals surface area contributed by atoms with E-state index < -0.39 is 0 Å². The molecule has 1 heterocycles. The third kappa shape index (κ3) is 4.42. The molecule has 1 atom stereocenters. The first kappa shape index (κ1) is 19.7. The number of hydrogen-bond acceptors (Lipinski definition) is 5. The molecule has 1 amide bonds. The molecular weight excluding hydrogens is 356 g/mol. The molecule has 0 radical (unpaired) electrons. The second-order valence-corrected chi connectivity index (χ2v) is 7.04. The molecule has 3 aromatic rings. The van der Waals surface area contributed by atoms with Gasteiger partial charge in [0.2, 0.25) is 5.91 Å². The summed E-state index contributed by atoms with van der Waals surface area (Å²) in [4.78, 5) is 12.6. The molecule has 1 aromatic heterocycles. The molecule has 0 aliphatic carbocycles. The number of carbonyl (C=O) groups excluding carboxylic acids is 1. The predicted octanol–water partition coefficient (Wildman–Crippen LogP) is 2.83. The summed E-state index contributed by atoms with van der Waals surface area (Å²) >= 11 is 0. The van der Waals surface area contributed by atoms with Gasteiger partial charge in [-0.1, -0.05) is 37.3 Å². The number of nitrogens with zero attached hydrogens (tertiary/aromatic N) is 3. The fraction of sp³-hybridized carbons (Fsp3) is 0.381. The monoisotopic (exact) mass is 382 g/mol. The molecule has 0 unspecified atom stereocenters. The maximum atomic E-state index is 12.6. The highest BCUT2D eigenvalue weighted by molar-refractivity contribution is 5.79. The number of hydrogen-bond donors (Lipinski definition) is 1. The Morgan fingerprint density at radius 2 is 1.86 bits per heavy atom. The third-order valence-electron chi connectivity index (χ3n) is 4.75. The van der Waals surface area contributed by atoms with Gasteiger partial charge in [0.05, 0.1) is 38.7 Å². The number of nitrogens with one attached hydrogen (secondary N) is 1. The summed E-state index contributed by atoms with van der Waals surface area (Å²) in [5.41, 5.74) is 2.67. The maximum absolute atomic E-state index is 12.6. The smallest absolute Gasteiger partial charge is 0.224 e. The molecule has 0 saturated carbocycles. The molecule has 0 fully saturated rings. The number of rotatable bonds is 8. The van der Waals surface area contributed by atoms with Gasteiger partial charge in [-0.2, -0.15) is 0 Å². The summed E-state index contributed by atoms with van der Waals surface area (Å²) in [6, 6.07) is 13.3. The zero-order chi connectivity index (χ0) is 20.1. The Hall–Kier alpha value is -3.09. The van der Waals surface area contributed by atoms with Crippen LogP contribution < -0.4 is 14.8 Å². The van der Waals surface area contributed by atoms with E-state index >= 15 is 0 Å². The highest BCUT2D eigenvalue weighted by Crippen LogP contribution is 2.27. The molecule has 28 heavy (non-hydrogen) atoms. The molecular formula is C21H26N4O3. The molecule has 7 heteroatoms. The second-order valence-electron chi connectivity index (χ2n) is 7.04. The zero-order valence-electron chi connectivity index (χ0n) is 16.7. The SMILES string of the molecule is COc1ccc(CC(=O)N[C@H](Cn2nnc3ccccc32)C(C)C)cc1OC. The van der Waals surface area contributed by atoms with Crippen molar-refractivity contribution in [3.05, 3.63) is 48.0 Å². The predicted molar refractivity (Wildman–Crippen MR) is 108 cm³/mol. The first-order chi connectivity index (χ1) is 13.5. The lowest BCUT2D eigenvalue weighted by molar-refractivity contribution is -0.121. The summed E-state index contributed by atoms with van der Waals surface area (Å²) in [6.45, 7) is 4.73. The number of ether oxygens (including phenoxy) is 2. The van der Waals surface area contributed by atoms with Gasteiger partial charge in [0.25, 0.3) is 0 Å². The second kappa shape index (κ2) is 8.73. The van der Waals surface area contributed by atoms with Gasteiger partial charge >= 0.3 is 0 Å². The number of amides is 1. The molecule has 0 aliphatic rings. The Kier molecular flexibility index (Phi) is 6.13. The van der Waals surface area contributed by atoms with Crippen LogP contribution in [0.2, 0.25) is 0 Å². The molecule has 7 nitrogen and oxygen atoms in total. The van der Waals surface area contributed by atoms with Gasteiger partial charge in [-0.15, -0.1) is 5.10 Å². The van der Waals surface area contributed by atoms with Crippen LogP contribution in [0.5, 0.6) is 11.5 Å². The van der Waals surface area contributed by atoms with Gasteiger partial charge in [0.15, 0.2) is 11.5 Å². The first-order valence-electron chi connectivity index (χ1n) is 9.30. The summed E-state index contributed by atoms with van der Waals surface area (Å²) in [6.07, 6.45) is 0.266. The van der Waals surface area contributed by atoms with Crippen molar-refractivity contribution in [2.45, 2.75) is 32.9 Å². The van der Waals surface area contributed by atoms with E-state index in [1.54, 1.807) is 14.2 Å². The summed E-state index contributed by atoms with van der Waals surface area (Å²) in [5, 5.41) is 11.6. The van der Waals surface area contributed by atoms with Gasteiger partial charge < -0.3 is 14.8 Å². The quantitative estimate of drug-likeness (QED) is 0.648. The highest BCUT2D eigenvalue weighted by atomic mass is 16.5. The third-order valence-corrected chi connectivity index (χ3v) is 4.75. The van der Waals surface area contributed by atoms with E-state index in [4.69, 9.17) is 9.47 Å². The van der Waals surface area contributed by atoms with Crippen molar-refractivity contribution >= 4 is 16.9 Å². The van der Waals surface area contributed by atoms with E-state index in [0.29, 0.717) is 18.0 Å². The molecule has 0 aliphatic heterocycles. The minimum absolute atomic E-state index is 0.0460. The van der Waals surface area contributed by atoms with Crippen LogP contribution in [0.3, 0.4) is 0 Å². The van der Waals surface area contributed by atoms with E-state index in [-0.39, 0.29) is 24.3 Å². The minimum atomic E-state index is -0.0576. The Morgan fingerprint density at radius 3 is 2.57 bits per heavy atom. The average molecular weight is 382 g/mol. The van der Waals surface area contributed by atoms with Gasteiger partial charge in [-0.3, -0.25) is 4.79 Å². The minimum Gasteiger partial charge on any atom is -0.493 e. The molecule has 0 bridgehead atoms. The Balaban J connectivity index is 1.69. The number of methoxy groups -OCH3 is 2. The van der Waals surface area contributed by atoms with Crippen molar-refractivity contribution in [2.75, 3.05) is 14.2 Å². The molecule has 0 saturated heterocycles. The van der Waals surface area contributed by atoms with Crippen LogP contribution in [0.15, 0.2) is 42.5 Å². The molecule has 0 spiro atoms. The van der Waals surface area contributed by atoms with E-state index in [9.17, 15) is 4.79 Å². The zero-order valence-corrected chi connectivity index (χ0v) is 16.7. The number of carbonyl (C=O) groups is 1. The fourth-order valence-corrected chi connectivity index (χ4v) is 3.10. The fourth-order valence-electron chi connectivity index (χ4n) is 3.10. The van der Waals surface area contributed by atoms with Crippen molar-refractivity contribution < 1.29 is 14.3 Å². The van der Waals surface area contributed by atoms with Crippen LogP contribution >= 0.6 is 0 Å². The number of para-hydroxylation sites is 1. The van der Waals surface area contributed by atoms with E-state index in [1.165, 1.54) is 0 Å². The van der Waals surface area contributed by atoms with Crippen molar-refractivity contribution in [3.8, 4) is 11.5 Å². The first-order valence-corrected chi connectivity index (χ1v) is 9.30. The Labute approximate surface area is 164 Å². The molecule has 2 aromatic carbocycles. The standard InChI is InChI=1S/C21H26N4O3/c1-14(2)17(13-25-18-8-6-5-7-16(18)23-24-25)22-21(26)12-15-9-10-19(27-3)20(11-15)28-4/h5-11,14,17H,12-13H2,1-4H3,(H,22,26)/t17-/m1/s1. The average Bonchev–Trinajstić information content (AvgIpc) is 3.10. The van der Waals surface area contributed by atoms with E-state index in [0.717, 1.165) is 16.6 Å². The summed E-state index contributed by atoms with van der Waals surface area (Å²) in [5.74, 6) is 1.46. The van der Waals surface area contributed by atoms with Crippen molar-refractivity contribution in [1.29, 1.82) is 0 Å². The number of fused-ring (bicyclic) bond motifs is 1. The number of aromatic nitrogens is 3. The van der Waals surface area contributed by atoms with E-state index in [2.05, 4.69) is 29.5 Å². The van der Waals surface area contributed by atoms with Crippen molar-refractivity contribution in [3.63, 3.8) is 0 Å². The van der Waals surface area contributed by atoms with Gasteiger partial charge in [0.1, 0.15) is 5.52 Å². The van der Waals surface area contributed by atoms with Gasteiger partial charge in [-0.25, -0.2) is 4.68 Å². The lowest BCUT2D eigenvalue weighted by Crippen LogP contribution is -2.42. The summed E-state index contributed by atoms with van der Waals surface area (Å²) < 4.78 is 12.4. The van der Waals surface area contributed by atoms with Gasteiger partial charge in [-0.05, 0) is 35.7 Å². The maximum Gasteiger partial charge on any atom is 0.224 e. The van der Waals surface area contributed by atoms with Gasteiger partial charge in [0, 0.05) is 0 Å². The lowest BCUT2D eigenvalue weighted by atomic mass is 10.0. The molecule has 1 N–H and O–H groups in total. The Bertz CT molecular complexity index is 952. The van der Waals surface area contributed by atoms with Crippen LogP contribution in [-0.4, -0.2) is 41.2 Å². The van der Waals surface area contributed by atoms with Crippen LogP contribution in [0.25, 0.3) is 11.0 Å². The Morgan fingerprint density at radius 1 is 1.11 bits per heavy atom. The van der Waals surface area contributed by atoms with Crippen LogP contribution in [0.4, 0.5) is 0 Å². The van der Waals surface area contributed by atoms with Crippen LogP contribution in [0, 0.1) is 5.92 Å². The van der Waals surface area contributed by atoms with Crippen molar-refractivity contribution in [2.24, 2.45) is 5.92 Å². The lowest BCUT2D eigenvalue weighted by Gasteiger charge is -2.22. The van der Waals surface area contributed by atoms with Crippen molar-refractivity contribution in [1.82, 2.24) is 20.3 Å². The van der Waals surface area contributed by atoms with E-state index in [1.807, 2.05) is 47.1 Å². The largest absolute Gasteiger partial charge is 0.493 e. The topological polar surface area (TPSA) is 78.3 Å². The van der Waals surface area contributed by atoms with Crippen LogP contribution in [-0.2, 0) is 17.8 Å². The summed E-state index contributed by atoms with van der Waals surface area (Å²) in [7, 11) is 3.17. The molecule has 148 valence electrons.